The first kappa shape index (κ1) is 23.6. The highest BCUT2D eigenvalue weighted by Crippen LogP contribution is 2.28. The van der Waals surface area contributed by atoms with Crippen molar-refractivity contribution in [3.8, 4) is 11.3 Å². The van der Waals surface area contributed by atoms with Crippen LogP contribution in [0.25, 0.3) is 22.2 Å². The minimum absolute atomic E-state index is 0.236. The van der Waals surface area contributed by atoms with Crippen molar-refractivity contribution in [3.63, 3.8) is 0 Å². The molecule has 0 saturated heterocycles. The Labute approximate surface area is 200 Å². The quantitative estimate of drug-likeness (QED) is 0.349. The molecule has 0 amide bonds. The van der Waals surface area contributed by atoms with Gasteiger partial charge in [-0.2, -0.15) is 0 Å². The summed E-state index contributed by atoms with van der Waals surface area (Å²) < 4.78 is 7.07. The second-order valence-electron chi connectivity index (χ2n) is 8.36. The van der Waals surface area contributed by atoms with Gasteiger partial charge in [0.05, 0.1) is 16.8 Å². The van der Waals surface area contributed by atoms with Crippen LogP contribution in [0.1, 0.15) is 31.8 Å². The fraction of sp³-hybridized carbons (Fsp3) is 0.192. The zero-order valence-corrected chi connectivity index (χ0v) is 19.8. The summed E-state index contributed by atoms with van der Waals surface area (Å²) >= 11 is 0. The molecule has 0 aliphatic heterocycles. The Bertz CT molecular complexity index is 1630. The van der Waals surface area contributed by atoms with Gasteiger partial charge in [0.1, 0.15) is 11.4 Å². The highest BCUT2D eigenvalue weighted by molar-refractivity contribution is 6.06. The van der Waals surface area contributed by atoms with Gasteiger partial charge in [-0.05, 0) is 31.5 Å². The van der Waals surface area contributed by atoms with Crippen molar-refractivity contribution in [2.24, 2.45) is 14.1 Å². The predicted octanol–water partition coefficient (Wildman–Crippen LogP) is 2.54. The van der Waals surface area contributed by atoms with Crippen LogP contribution < -0.4 is 17.0 Å². The van der Waals surface area contributed by atoms with Crippen LogP contribution in [0, 0.1) is 13.8 Å². The first-order valence-corrected chi connectivity index (χ1v) is 10.8. The second-order valence-corrected chi connectivity index (χ2v) is 8.36. The smallest absolute Gasteiger partial charge is 0.339 e. The maximum absolute atomic E-state index is 13.1. The lowest BCUT2D eigenvalue weighted by Crippen LogP contribution is -2.42. The lowest BCUT2D eigenvalue weighted by molar-refractivity contribution is 0.0476. The number of hydrogen-bond donors (Lipinski definition) is 1. The lowest BCUT2D eigenvalue weighted by atomic mass is 9.99. The Balaban J connectivity index is 1.70. The molecule has 178 valence electrons. The van der Waals surface area contributed by atoms with Gasteiger partial charge in [0.25, 0.3) is 5.56 Å². The molecule has 2 aromatic carbocycles. The number of carbonyl (C=O) groups is 2. The summed E-state index contributed by atoms with van der Waals surface area (Å²) in [5.74, 6) is -1.84. The number of para-hydroxylation sites is 1. The number of nitrogens with two attached hydrogens (primary N) is 1. The van der Waals surface area contributed by atoms with Crippen LogP contribution in [0.5, 0.6) is 0 Å². The van der Waals surface area contributed by atoms with Gasteiger partial charge in [-0.25, -0.2) is 14.6 Å². The topological polar surface area (TPSA) is 126 Å². The molecule has 4 aromatic rings. The Hall–Kier alpha value is -4.53. The van der Waals surface area contributed by atoms with E-state index in [0.29, 0.717) is 16.6 Å². The SMILES string of the molecule is Cc1ccc(-c2cc(C(=O)OCC(=O)c3c(N)n(C)c(=O)n(C)c3=O)c3ccccc3n2)c(C)c1. The van der Waals surface area contributed by atoms with Crippen molar-refractivity contribution < 1.29 is 14.3 Å². The van der Waals surface area contributed by atoms with Crippen molar-refractivity contribution >= 4 is 28.5 Å². The standard InChI is InChI=1S/C26H24N4O5/c1-14-9-10-16(15(2)11-14)20-12-18(17-7-5-6-8-19(17)28-20)25(33)35-13-21(31)22-23(27)29(3)26(34)30(4)24(22)32/h5-12H,13,27H2,1-4H3. The summed E-state index contributed by atoms with van der Waals surface area (Å²) in [7, 11) is 2.59. The predicted molar refractivity (Wildman–Crippen MR) is 133 cm³/mol. The van der Waals surface area contributed by atoms with Crippen molar-refractivity contribution in [2.45, 2.75) is 13.8 Å². The van der Waals surface area contributed by atoms with Gasteiger partial charge in [0.15, 0.2) is 6.61 Å². The first-order chi connectivity index (χ1) is 16.6. The zero-order valence-electron chi connectivity index (χ0n) is 19.8. The molecule has 0 spiro atoms. The molecular weight excluding hydrogens is 448 g/mol. The van der Waals surface area contributed by atoms with E-state index in [1.165, 1.54) is 14.1 Å². The van der Waals surface area contributed by atoms with E-state index in [4.69, 9.17) is 15.5 Å². The molecule has 9 nitrogen and oxygen atoms in total. The van der Waals surface area contributed by atoms with E-state index in [2.05, 4.69) is 0 Å². The van der Waals surface area contributed by atoms with Crippen molar-refractivity contribution in [1.82, 2.24) is 14.1 Å². The number of aryl methyl sites for hydroxylation is 2. The van der Waals surface area contributed by atoms with E-state index < -0.39 is 35.2 Å². The maximum Gasteiger partial charge on any atom is 0.339 e. The van der Waals surface area contributed by atoms with Crippen LogP contribution in [0.4, 0.5) is 5.82 Å². The molecule has 0 bridgehead atoms. The minimum Gasteiger partial charge on any atom is -0.454 e. The zero-order chi connectivity index (χ0) is 25.4. The normalized spacial score (nSPS) is 11.0. The molecular formula is C26H24N4O5. The van der Waals surface area contributed by atoms with Gasteiger partial charge in [-0.3, -0.25) is 18.7 Å². The van der Waals surface area contributed by atoms with Gasteiger partial charge >= 0.3 is 11.7 Å². The highest BCUT2D eigenvalue weighted by atomic mass is 16.5. The van der Waals surface area contributed by atoms with Gasteiger partial charge < -0.3 is 10.5 Å². The molecule has 0 radical (unpaired) electrons. The summed E-state index contributed by atoms with van der Waals surface area (Å²) in [5.41, 5.74) is 8.32. The van der Waals surface area contributed by atoms with E-state index >= 15 is 0 Å². The van der Waals surface area contributed by atoms with E-state index in [0.717, 1.165) is 25.8 Å². The fourth-order valence-electron chi connectivity index (χ4n) is 3.99. The third-order valence-electron chi connectivity index (χ3n) is 5.92. The molecule has 4 rings (SSSR count). The molecule has 2 N–H and O–H groups in total. The average Bonchev–Trinajstić information content (AvgIpc) is 2.84. The van der Waals surface area contributed by atoms with E-state index in [9.17, 15) is 19.2 Å². The largest absolute Gasteiger partial charge is 0.454 e. The molecule has 2 heterocycles. The number of nitrogen functional groups attached to an aromatic ring is 1. The maximum atomic E-state index is 13.1. The third kappa shape index (κ3) is 4.23. The molecule has 0 atom stereocenters. The number of benzene rings is 2. The molecule has 9 heteroatoms. The number of aromatic nitrogens is 3. The number of anilines is 1. The van der Waals surface area contributed by atoms with Crippen LogP contribution >= 0.6 is 0 Å². The minimum atomic E-state index is -0.849. The van der Waals surface area contributed by atoms with Gasteiger partial charge in [0, 0.05) is 25.0 Å². The Kier molecular flexibility index (Phi) is 6.09. The lowest BCUT2D eigenvalue weighted by Gasteiger charge is -2.13. The highest BCUT2D eigenvalue weighted by Gasteiger charge is 2.23. The first-order valence-electron chi connectivity index (χ1n) is 10.8. The summed E-state index contributed by atoms with van der Waals surface area (Å²) in [6, 6.07) is 14.7. The number of rotatable bonds is 5. The van der Waals surface area contributed by atoms with Crippen molar-refractivity contribution in [2.75, 3.05) is 12.3 Å². The van der Waals surface area contributed by atoms with E-state index in [1.54, 1.807) is 24.3 Å². The summed E-state index contributed by atoms with van der Waals surface area (Å²) in [5, 5.41) is 0.566. The molecule has 0 unspecified atom stereocenters. The number of ketones is 1. The van der Waals surface area contributed by atoms with E-state index in [1.807, 2.05) is 38.1 Å². The van der Waals surface area contributed by atoms with Gasteiger partial charge in [-0.15, -0.1) is 0 Å². The number of esters is 1. The number of carbonyl (C=O) groups excluding carboxylic acids is 2. The van der Waals surface area contributed by atoms with Crippen molar-refractivity contribution in [1.29, 1.82) is 0 Å². The number of hydrogen-bond acceptors (Lipinski definition) is 7. The van der Waals surface area contributed by atoms with Crippen molar-refractivity contribution in [3.05, 3.63) is 91.6 Å². The molecule has 0 fully saturated rings. The summed E-state index contributed by atoms with van der Waals surface area (Å²) in [6.07, 6.45) is 0. The number of ether oxygens (including phenoxy) is 1. The average molecular weight is 473 g/mol. The summed E-state index contributed by atoms with van der Waals surface area (Å²) in [4.78, 5) is 55.0. The number of pyridine rings is 1. The Morgan fingerprint density at radius 3 is 2.43 bits per heavy atom. The van der Waals surface area contributed by atoms with Crippen LogP contribution in [0.3, 0.4) is 0 Å². The molecule has 0 aliphatic rings. The molecule has 35 heavy (non-hydrogen) atoms. The Morgan fingerprint density at radius 2 is 1.71 bits per heavy atom. The molecule has 2 aromatic heterocycles. The number of nitrogens with zero attached hydrogens (tertiary/aromatic N) is 3. The fourth-order valence-corrected chi connectivity index (χ4v) is 3.99. The van der Waals surface area contributed by atoms with Gasteiger partial charge in [-0.1, -0.05) is 42.0 Å². The molecule has 0 saturated carbocycles. The molecule has 0 aliphatic carbocycles. The Morgan fingerprint density at radius 1 is 1.00 bits per heavy atom. The number of fused-ring (bicyclic) bond motifs is 1. The van der Waals surface area contributed by atoms with Crippen LogP contribution in [0.15, 0.2) is 58.1 Å². The van der Waals surface area contributed by atoms with Crippen LogP contribution in [-0.4, -0.2) is 32.5 Å². The third-order valence-corrected chi connectivity index (χ3v) is 5.92. The second kappa shape index (κ2) is 9.02. The van der Waals surface area contributed by atoms with Crippen LogP contribution in [-0.2, 0) is 18.8 Å². The van der Waals surface area contributed by atoms with E-state index in [-0.39, 0.29) is 11.4 Å². The summed E-state index contributed by atoms with van der Waals surface area (Å²) in [6.45, 7) is 3.25. The number of Topliss-reactive ketones (excluding diaryl/α,β-unsaturated/α-hetero) is 1. The van der Waals surface area contributed by atoms with Crippen LogP contribution in [0.2, 0.25) is 0 Å². The van der Waals surface area contributed by atoms with Gasteiger partial charge in [0.2, 0.25) is 5.78 Å². The monoisotopic (exact) mass is 472 g/mol.